The lowest BCUT2D eigenvalue weighted by molar-refractivity contribution is -0.682. The summed E-state index contributed by atoms with van der Waals surface area (Å²) in [5.74, 6) is -0.219. The molecule has 0 aliphatic rings. The van der Waals surface area contributed by atoms with Crippen LogP contribution in [0.25, 0.3) is 10.8 Å². The van der Waals surface area contributed by atoms with Gasteiger partial charge in [-0.1, -0.05) is 42.5 Å². The number of nitrogens with two attached hydrogens (primary N) is 1. The average molecular weight is 314 g/mol. The molecule has 5 heteroatoms. The third kappa shape index (κ3) is 4.29. The zero-order valence-corrected chi connectivity index (χ0v) is 13.9. The molecule has 23 heavy (non-hydrogen) atoms. The second-order valence-electron chi connectivity index (χ2n) is 5.72. The summed E-state index contributed by atoms with van der Waals surface area (Å²) in [4.78, 5) is 24.9. The Kier molecular flexibility index (Phi) is 5.71. The van der Waals surface area contributed by atoms with E-state index in [1.54, 1.807) is 14.1 Å². The van der Waals surface area contributed by atoms with E-state index in [1.165, 1.54) is 21.2 Å². The molecule has 0 bridgehead atoms. The summed E-state index contributed by atoms with van der Waals surface area (Å²) in [5.41, 5.74) is 1.21. The summed E-state index contributed by atoms with van der Waals surface area (Å²) >= 11 is 0. The predicted octanol–water partition coefficient (Wildman–Crippen LogP) is 0.669. The van der Waals surface area contributed by atoms with Gasteiger partial charge < -0.3 is 15.5 Å². The SMILES string of the molecule is CNC(=O)CN(C)C(=O)C[NH2+][C@H](C)c1cccc2ccccc12. The lowest BCUT2D eigenvalue weighted by Crippen LogP contribution is -2.87. The molecule has 5 nitrogen and oxygen atoms in total. The molecule has 1 atom stereocenters. The Morgan fingerprint density at radius 1 is 1.17 bits per heavy atom. The number of hydrogen-bond acceptors (Lipinski definition) is 2. The summed E-state index contributed by atoms with van der Waals surface area (Å²) in [7, 11) is 3.21. The van der Waals surface area contributed by atoms with Gasteiger partial charge in [-0.15, -0.1) is 0 Å². The van der Waals surface area contributed by atoms with Crippen molar-refractivity contribution >= 4 is 22.6 Å². The first-order valence-corrected chi connectivity index (χ1v) is 7.78. The Morgan fingerprint density at radius 3 is 2.61 bits per heavy atom. The quantitative estimate of drug-likeness (QED) is 0.823. The number of fused-ring (bicyclic) bond motifs is 1. The molecule has 2 aromatic rings. The number of nitrogens with one attached hydrogen (secondary N) is 1. The molecular weight excluding hydrogens is 290 g/mol. The smallest absolute Gasteiger partial charge is 0.277 e. The van der Waals surface area contributed by atoms with Crippen LogP contribution in [0, 0.1) is 0 Å². The molecule has 3 N–H and O–H groups in total. The maximum atomic E-state index is 12.1. The van der Waals surface area contributed by atoms with Crippen molar-refractivity contribution in [1.29, 1.82) is 0 Å². The molecule has 0 saturated heterocycles. The zero-order valence-electron chi connectivity index (χ0n) is 13.9. The topological polar surface area (TPSA) is 66.0 Å². The van der Waals surface area contributed by atoms with Crippen molar-refractivity contribution in [3.63, 3.8) is 0 Å². The summed E-state index contributed by atoms with van der Waals surface area (Å²) in [6.45, 7) is 2.50. The first-order valence-electron chi connectivity index (χ1n) is 7.78. The third-order valence-electron chi connectivity index (χ3n) is 4.05. The average Bonchev–Trinajstić information content (AvgIpc) is 2.58. The first-order chi connectivity index (χ1) is 11.0. The molecule has 2 amide bonds. The van der Waals surface area contributed by atoms with Gasteiger partial charge in [0.05, 0.1) is 6.54 Å². The highest BCUT2D eigenvalue weighted by atomic mass is 16.2. The molecule has 0 aromatic heterocycles. The van der Waals surface area contributed by atoms with Crippen LogP contribution in [-0.4, -0.2) is 43.9 Å². The minimum Gasteiger partial charge on any atom is -0.358 e. The van der Waals surface area contributed by atoms with Gasteiger partial charge >= 0.3 is 0 Å². The first kappa shape index (κ1) is 17.0. The van der Waals surface area contributed by atoms with E-state index in [0.29, 0.717) is 6.54 Å². The van der Waals surface area contributed by atoms with Crippen molar-refractivity contribution in [2.45, 2.75) is 13.0 Å². The number of benzene rings is 2. The van der Waals surface area contributed by atoms with Gasteiger partial charge in [0, 0.05) is 19.7 Å². The van der Waals surface area contributed by atoms with E-state index in [2.05, 4.69) is 36.5 Å². The van der Waals surface area contributed by atoms with Crippen LogP contribution < -0.4 is 10.6 Å². The standard InChI is InChI=1S/C18H23N3O2/c1-13(20-11-18(23)21(3)12-17(22)19-2)15-10-6-8-14-7-4-5-9-16(14)15/h4-10,13,20H,11-12H2,1-3H3,(H,19,22)/p+1/t13-/m1/s1. The Balaban J connectivity index is 2.00. The van der Waals surface area contributed by atoms with E-state index >= 15 is 0 Å². The van der Waals surface area contributed by atoms with Crippen molar-refractivity contribution in [3.05, 3.63) is 48.0 Å². The second kappa shape index (κ2) is 7.74. The van der Waals surface area contributed by atoms with Crippen molar-refractivity contribution in [2.24, 2.45) is 0 Å². The van der Waals surface area contributed by atoms with E-state index in [4.69, 9.17) is 0 Å². The van der Waals surface area contributed by atoms with Crippen molar-refractivity contribution in [2.75, 3.05) is 27.2 Å². The summed E-state index contributed by atoms with van der Waals surface area (Å²) < 4.78 is 0. The van der Waals surface area contributed by atoms with Gasteiger partial charge in [-0.3, -0.25) is 9.59 Å². The van der Waals surface area contributed by atoms with Crippen LogP contribution in [0.5, 0.6) is 0 Å². The number of carbonyl (C=O) groups is 2. The van der Waals surface area contributed by atoms with Crippen LogP contribution in [0.1, 0.15) is 18.5 Å². The number of carbonyl (C=O) groups excluding carboxylic acids is 2. The van der Waals surface area contributed by atoms with Crippen LogP contribution in [0.4, 0.5) is 0 Å². The molecule has 0 fully saturated rings. The minimum absolute atomic E-state index is 0.0549. The van der Waals surface area contributed by atoms with Crippen LogP contribution in [-0.2, 0) is 9.59 Å². The van der Waals surface area contributed by atoms with Gasteiger partial charge in [-0.25, -0.2) is 0 Å². The highest BCUT2D eigenvalue weighted by Gasteiger charge is 2.17. The molecular formula is C18H24N3O2+. The van der Waals surface area contributed by atoms with Crippen LogP contribution in [0.3, 0.4) is 0 Å². The number of rotatable bonds is 6. The van der Waals surface area contributed by atoms with Crippen molar-refractivity contribution in [1.82, 2.24) is 10.2 Å². The number of quaternary nitrogens is 1. The molecule has 0 heterocycles. The monoisotopic (exact) mass is 314 g/mol. The normalized spacial score (nSPS) is 12.0. The molecule has 2 rings (SSSR count). The molecule has 0 saturated carbocycles. The van der Waals surface area contributed by atoms with Gasteiger partial charge in [0.15, 0.2) is 6.54 Å². The highest BCUT2D eigenvalue weighted by Crippen LogP contribution is 2.21. The van der Waals surface area contributed by atoms with Crippen molar-refractivity contribution in [3.8, 4) is 0 Å². The van der Waals surface area contributed by atoms with Crippen molar-refractivity contribution < 1.29 is 14.9 Å². The van der Waals surface area contributed by atoms with Crippen LogP contribution >= 0.6 is 0 Å². The number of hydrogen-bond donors (Lipinski definition) is 2. The number of amides is 2. The van der Waals surface area contributed by atoms with Gasteiger partial charge in [-0.05, 0) is 17.7 Å². The summed E-state index contributed by atoms with van der Waals surface area (Å²) in [6, 6.07) is 14.6. The molecule has 0 unspecified atom stereocenters. The maximum absolute atomic E-state index is 12.1. The second-order valence-corrected chi connectivity index (χ2v) is 5.72. The zero-order chi connectivity index (χ0) is 16.8. The predicted molar refractivity (Wildman–Crippen MR) is 90.9 cm³/mol. The van der Waals surface area contributed by atoms with Crippen LogP contribution in [0.15, 0.2) is 42.5 Å². The fourth-order valence-electron chi connectivity index (χ4n) is 2.59. The highest BCUT2D eigenvalue weighted by molar-refractivity contribution is 5.86. The molecule has 0 spiro atoms. The fourth-order valence-corrected chi connectivity index (χ4v) is 2.59. The molecule has 0 aliphatic carbocycles. The van der Waals surface area contributed by atoms with E-state index in [0.717, 1.165) is 0 Å². The number of nitrogens with zero attached hydrogens (tertiary/aromatic N) is 1. The Labute approximate surface area is 136 Å². The Morgan fingerprint density at radius 2 is 1.87 bits per heavy atom. The van der Waals surface area contributed by atoms with Crippen LogP contribution in [0.2, 0.25) is 0 Å². The van der Waals surface area contributed by atoms with Gasteiger partial charge in [0.2, 0.25) is 5.91 Å². The van der Waals surface area contributed by atoms with E-state index in [-0.39, 0.29) is 24.4 Å². The Hall–Kier alpha value is -2.40. The van der Waals surface area contributed by atoms with Gasteiger partial charge in [0.25, 0.3) is 5.91 Å². The maximum Gasteiger partial charge on any atom is 0.277 e. The lowest BCUT2D eigenvalue weighted by atomic mass is 10.00. The molecule has 2 aromatic carbocycles. The summed E-state index contributed by atoms with van der Waals surface area (Å²) in [5, 5.41) is 6.94. The molecule has 122 valence electrons. The summed E-state index contributed by atoms with van der Waals surface area (Å²) in [6.07, 6.45) is 0. The number of likely N-dealkylation sites (N-methyl/N-ethyl adjacent to an activating group) is 2. The van der Waals surface area contributed by atoms with Gasteiger partial charge in [0.1, 0.15) is 6.04 Å². The fraction of sp³-hybridized carbons (Fsp3) is 0.333. The van der Waals surface area contributed by atoms with E-state index in [9.17, 15) is 9.59 Å². The minimum atomic E-state index is -0.164. The molecule has 0 aliphatic heterocycles. The molecule has 0 radical (unpaired) electrons. The van der Waals surface area contributed by atoms with Gasteiger partial charge in [-0.2, -0.15) is 0 Å². The lowest BCUT2D eigenvalue weighted by Gasteiger charge is -2.18. The third-order valence-corrected chi connectivity index (χ3v) is 4.05. The largest absolute Gasteiger partial charge is 0.358 e. The van der Waals surface area contributed by atoms with E-state index < -0.39 is 0 Å². The van der Waals surface area contributed by atoms with E-state index in [1.807, 2.05) is 23.5 Å². The Bertz CT molecular complexity index is 694.